The monoisotopic (exact) mass is 374 g/mol. The zero-order chi connectivity index (χ0) is 19.3. The highest BCUT2D eigenvalue weighted by atomic mass is 16.5. The third-order valence-corrected chi connectivity index (χ3v) is 4.78. The zero-order valence-electron chi connectivity index (χ0n) is 16.0. The number of rotatable bonds is 0. The largest absolute Gasteiger partial charge is 0.462 e. The Balaban J connectivity index is 1.95. The third-order valence-electron chi connectivity index (χ3n) is 4.78. The number of cyclic esters (lactones) is 2. The minimum absolute atomic E-state index is 0.175. The Morgan fingerprint density at radius 1 is 0.556 bits per heavy atom. The van der Waals surface area contributed by atoms with Crippen LogP contribution in [0.25, 0.3) is 0 Å². The van der Waals surface area contributed by atoms with Gasteiger partial charge in [0.1, 0.15) is 5.78 Å². The van der Waals surface area contributed by atoms with Crippen LogP contribution >= 0.6 is 0 Å². The van der Waals surface area contributed by atoms with Gasteiger partial charge >= 0.3 is 11.9 Å². The van der Waals surface area contributed by atoms with Crippen LogP contribution in [0.4, 0.5) is 0 Å². The topological polar surface area (TPSA) is 69.7 Å². The van der Waals surface area contributed by atoms with E-state index in [-0.39, 0.29) is 23.5 Å². The highest BCUT2D eigenvalue weighted by molar-refractivity contribution is 6.03. The molecule has 2 rings (SSSR count). The van der Waals surface area contributed by atoms with Crippen LogP contribution in [0.15, 0.2) is 24.3 Å². The lowest BCUT2D eigenvalue weighted by Gasteiger charge is -2.10. The number of benzene rings is 1. The summed E-state index contributed by atoms with van der Waals surface area (Å²) in [5.74, 6) is -0.819. The molecule has 0 aliphatic carbocycles. The molecular weight excluding hydrogens is 344 g/mol. The van der Waals surface area contributed by atoms with Crippen molar-refractivity contribution in [1.29, 1.82) is 0 Å². The van der Waals surface area contributed by atoms with E-state index < -0.39 is 11.9 Å². The molecule has 0 fully saturated rings. The van der Waals surface area contributed by atoms with Crippen LogP contribution in [-0.2, 0) is 14.3 Å². The van der Waals surface area contributed by atoms with Crippen LogP contribution in [0.5, 0.6) is 0 Å². The van der Waals surface area contributed by atoms with E-state index in [2.05, 4.69) is 0 Å². The number of ether oxygens (including phenoxy) is 2. The lowest BCUT2D eigenvalue weighted by Crippen LogP contribution is -2.15. The Kier molecular flexibility index (Phi) is 9.60. The third kappa shape index (κ3) is 7.94. The molecule has 0 N–H and O–H groups in total. The zero-order valence-corrected chi connectivity index (χ0v) is 16.0. The number of esters is 2. The van der Waals surface area contributed by atoms with Crippen LogP contribution in [0.3, 0.4) is 0 Å². The van der Waals surface area contributed by atoms with Crippen molar-refractivity contribution < 1.29 is 23.9 Å². The first kappa shape index (κ1) is 21.1. The second-order valence-electron chi connectivity index (χ2n) is 7.04. The van der Waals surface area contributed by atoms with Gasteiger partial charge in [0, 0.05) is 12.8 Å². The van der Waals surface area contributed by atoms with E-state index in [1.807, 2.05) is 0 Å². The lowest BCUT2D eigenvalue weighted by molar-refractivity contribution is -0.119. The van der Waals surface area contributed by atoms with Gasteiger partial charge in [-0.05, 0) is 31.4 Å². The normalized spacial score (nSPS) is 19.5. The molecule has 1 aliphatic rings. The van der Waals surface area contributed by atoms with Crippen molar-refractivity contribution in [2.24, 2.45) is 0 Å². The summed E-state index contributed by atoms with van der Waals surface area (Å²) in [5, 5.41) is 0. The fourth-order valence-electron chi connectivity index (χ4n) is 3.20. The summed E-state index contributed by atoms with van der Waals surface area (Å²) in [7, 11) is 0. The molecule has 148 valence electrons. The Bertz CT molecular complexity index is 623. The van der Waals surface area contributed by atoms with E-state index in [0.717, 1.165) is 38.5 Å². The van der Waals surface area contributed by atoms with Gasteiger partial charge in [0.05, 0.1) is 24.3 Å². The smallest absolute Gasteiger partial charge is 0.339 e. The summed E-state index contributed by atoms with van der Waals surface area (Å²) in [5.41, 5.74) is 0.441. The van der Waals surface area contributed by atoms with E-state index in [4.69, 9.17) is 9.47 Å². The van der Waals surface area contributed by atoms with Gasteiger partial charge in [-0.2, -0.15) is 0 Å². The maximum Gasteiger partial charge on any atom is 0.339 e. The van der Waals surface area contributed by atoms with Crippen molar-refractivity contribution in [1.82, 2.24) is 0 Å². The molecule has 1 aliphatic heterocycles. The fourth-order valence-corrected chi connectivity index (χ4v) is 3.20. The summed E-state index contributed by atoms with van der Waals surface area (Å²) in [6.45, 7) is 0.540. The number of Topliss-reactive ketones (excluding diaryl/α,β-unsaturated/α-hetero) is 1. The van der Waals surface area contributed by atoms with Gasteiger partial charge in [-0.25, -0.2) is 9.59 Å². The minimum Gasteiger partial charge on any atom is -0.462 e. The van der Waals surface area contributed by atoms with Crippen molar-refractivity contribution in [3.05, 3.63) is 35.4 Å². The molecule has 0 spiro atoms. The van der Waals surface area contributed by atoms with Crippen LogP contribution in [-0.4, -0.2) is 30.9 Å². The molecule has 0 bridgehead atoms. The van der Waals surface area contributed by atoms with Gasteiger partial charge in [-0.3, -0.25) is 4.79 Å². The molecule has 0 saturated heterocycles. The molecule has 0 radical (unpaired) electrons. The van der Waals surface area contributed by atoms with E-state index in [9.17, 15) is 14.4 Å². The van der Waals surface area contributed by atoms with Gasteiger partial charge < -0.3 is 9.47 Å². The number of hydrogen-bond donors (Lipinski definition) is 0. The summed E-state index contributed by atoms with van der Waals surface area (Å²) >= 11 is 0. The van der Waals surface area contributed by atoms with Gasteiger partial charge in [0.15, 0.2) is 0 Å². The molecule has 5 heteroatoms. The van der Waals surface area contributed by atoms with Crippen LogP contribution in [0, 0.1) is 0 Å². The lowest BCUT2D eigenvalue weighted by atomic mass is 10.0. The van der Waals surface area contributed by atoms with Crippen molar-refractivity contribution in [2.75, 3.05) is 13.2 Å². The maximum atomic E-state index is 12.3. The van der Waals surface area contributed by atoms with Crippen molar-refractivity contribution >= 4 is 17.7 Å². The highest BCUT2D eigenvalue weighted by Gasteiger charge is 2.19. The summed E-state index contributed by atoms with van der Waals surface area (Å²) in [6, 6.07) is 6.53. The quantitative estimate of drug-likeness (QED) is 0.606. The Labute approximate surface area is 161 Å². The first-order valence-electron chi connectivity index (χ1n) is 10.1. The van der Waals surface area contributed by atoms with E-state index in [0.29, 0.717) is 25.9 Å². The van der Waals surface area contributed by atoms with E-state index in [1.165, 1.54) is 12.8 Å². The summed E-state index contributed by atoms with van der Waals surface area (Å²) < 4.78 is 10.6. The van der Waals surface area contributed by atoms with Crippen molar-refractivity contribution in [3.8, 4) is 0 Å². The molecule has 0 unspecified atom stereocenters. The van der Waals surface area contributed by atoms with E-state index >= 15 is 0 Å². The predicted molar refractivity (Wildman–Crippen MR) is 103 cm³/mol. The van der Waals surface area contributed by atoms with E-state index in [1.54, 1.807) is 24.3 Å². The minimum atomic E-state index is -0.551. The molecular formula is C22H30O5. The molecule has 0 saturated carbocycles. The number of carbonyl (C=O) groups excluding carboxylic acids is 3. The number of carbonyl (C=O) groups is 3. The van der Waals surface area contributed by atoms with Crippen LogP contribution in [0.2, 0.25) is 0 Å². The first-order valence-corrected chi connectivity index (χ1v) is 10.1. The number of hydrogen-bond acceptors (Lipinski definition) is 5. The van der Waals surface area contributed by atoms with Crippen molar-refractivity contribution in [3.63, 3.8) is 0 Å². The molecule has 1 aromatic rings. The van der Waals surface area contributed by atoms with Crippen LogP contribution < -0.4 is 0 Å². The fraction of sp³-hybridized carbons (Fsp3) is 0.591. The molecule has 27 heavy (non-hydrogen) atoms. The Morgan fingerprint density at radius 3 is 1.59 bits per heavy atom. The first-order chi connectivity index (χ1) is 13.2. The predicted octanol–water partition coefficient (Wildman–Crippen LogP) is 4.87. The average Bonchev–Trinajstić information content (AvgIpc) is 2.68. The standard InChI is InChI=1S/C22H30O5/c23-18-12-7-5-3-1-2-4-6-10-16-26-21(24)19-14-8-9-15-20(19)22(25)27-17-11-13-18/h8-9,14-15H,1-7,10-13,16-17H2. The second kappa shape index (κ2) is 12.3. The molecule has 1 aromatic carbocycles. The molecule has 0 atom stereocenters. The number of fused-ring (bicyclic) bond motifs is 1. The molecule has 5 nitrogen and oxygen atoms in total. The Morgan fingerprint density at radius 2 is 1.00 bits per heavy atom. The SMILES string of the molecule is O=C1CCCCCCCCCCOC(=O)c2ccccc2C(=O)OCCC1. The number of ketones is 1. The summed E-state index contributed by atoms with van der Waals surface area (Å²) in [6.07, 6.45) is 10.1. The second-order valence-corrected chi connectivity index (χ2v) is 7.04. The Hall–Kier alpha value is -2.17. The molecule has 0 aromatic heterocycles. The van der Waals surface area contributed by atoms with Crippen LogP contribution in [0.1, 0.15) is 91.3 Å². The van der Waals surface area contributed by atoms with Gasteiger partial charge in [-0.1, -0.05) is 50.7 Å². The van der Waals surface area contributed by atoms with Gasteiger partial charge in [0.2, 0.25) is 0 Å². The molecule has 0 amide bonds. The maximum absolute atomic E-state index is 12.3. The average molecular weight is 374 g/mol. The highest BCUT2D eigenvalue weighted by Crippen LogP contribution is 2.14. The van der Waals surface area contributed by atoms with Gasteiger partial charge in [-0.15, -0.1) is 0 Å². The summed E-state index contributed by atoms with van der Waals surface area (Å²) in [4.78, 5) is 36.5. The van der Waals surface area contributed by atoms with Crippen molar-refractivity contribution in [2.45, 2.75) is 70.6 Å². The van der Waals surface area contributed by atoms with Gasteiger partial charge in [0.25, 0.3) is 0 Å². The molecule has 1 heterocycles.